The highest BCUT2D eigenvalue weighted by Crippen LogP contribution is 2.11. The molecular weight excluding hydrogens is 218 g/mol. The van der Waals surface area contributed by atoms with Crippen molar-refractivity contribution in [2.45, 2.75) is 6.42 Å². The van der Waals surface area contributed by atoms with E-state index in [0.29, 0.717) is 5.69 Å². The molecule has 0 unspecified atom stereocenters. The highest BCUT2D eigenvalue weighted by molar-refractivity contribution is 5.86. The number of hydrogen-bond acceptors (Lipinski definition) is 3. The van der Waals surface area contributed by atoms with Gasteiger partial charge in [-0.05, 0) is 11.6 Å². The Hall–Kier alpha value is -2.04. The number of anilines is 1. The van der Waals surface area contributed by atoms with Gasteiger partial charge in [-0.2, -0.15) is 0 Å². The quantitative estimate of drug-likeness (QED) is 0.722. The van der Waals surface area contributed by atoms with Crippen LogP contribution in [0.1, 0.15) is 5.56 Å². The second kappa shape index (κ2) is 5.89. The van der Waals surface area contributed by atoms with Gasteiger partial charge in [-0.25, -0.2) is 0 Å². The molecule has 1 rings (SSSR count). The highest BCUT2D eigenvalue weighted by atomic mass is 16.2. The summed E-state index contributed by atoms with van der Waals surface area (Å²) >= 11 is 0. The van der Waals surface area contributed by atoms with Crippen molar-refractivity contribution in [3.8, 4) is 0 Å². The number of nitrogen functional groups attached to an aromatic ring is 1. The number of rotatable bonds is 4. The normalized spacial score (nSPS) is 9.76. The zero-order chi connectivity index (χ0) is 12.8. The van der Waals surface area contributed by atoms with E-state index in [1.165, 1.54) is 11.9 Å². The van der Waals surface area contributed by atoms with Crippen molar-refractivity contribution >= 4 is 17.5 Å². The number of likely N-dealkylation sites (N-methyl/N-ethyl adjacent to an activating group) is 2. The topological polar surface area (TPSA) is 75.4 Å². The molecule has 0 aromatic heterocycles. The zero-order valence-corrected chi connectivity index (χ0v) is 10.1. The second-order valence-corrected chi connectivity index (χ2v) is 3.80. The fourth-order valence-corrected chi connectivity index (χ4v) is 1.38. The van der Waals surface area contributed by atoms with E-state index in [4.69, 9.17) is 5.73 Å². The molecular formula is C12H17N3O2. The third kappa shape index (κ3) is 3.79. The van der Waals surface area contributed by atoms with Crippen LogP contribution in [0.2, 0.25) is 0 Å². The number of nitrogens with two attached hydrogens (primary N) is 1. The van der Waals surface area contributed by atoms with E-state index in [2.05, 4.69) is 5.32 Å². The average molecular weight is 235 g/mol. The number of benzene rings is 1. The summed E-state index contributed by atoms with van der Waals surface area (Å²) in [5.74, 6) is -0.326. The van der Waals surface area contributed by atoms with E-state index in [0.717, 1.165) is 5.56 Å². The van der Waals surface area contributed by atoms with Crippen LogP contribution in [0, 0.1) is 0 Å². The van der Waals surface area contributed by atoms with Gasteiger partial charge in [0.05, 0.1) is 13.0 Å². The first-order chi connectivity index (χ1) is 8.04. The van der Waals surface area contributed by atoms with Gasteiger partial charge in [0.2, 0.25) is 11.8 Å². The van der Waals surface area contributed by atoms with Gasteiger partial charge in [0.1, 0.15) is 0 Å². The molecule has 0 atom stereocenters. The summed E-state index contributed by atoms with van der Waals surface area (Å²) in [6.07, 6.45) is 0.208. The summed E-state index contributed by atoms with van der Waals surface area (Å²) in [6, 6.07) is 7.21. The molecule has 0 spiro atoms. The molecule has 0 heterocycles. The number of hydrogen-bond donors (Lipinski definition) is 2. The molecule has 0 fully saturated rings. The monoisotopic (exact) mass is 235 g/mol. The van der Waals surface area contributed by atoms with Crippen LogP contribution in [0.15, 0.2) is 24.3 Å². The van der Waals surface area contributed by atoms with E-state index < -0.39 is 0 Å². The predicted molar refractivity (Wildman–Crippen MR) is 66.3 cm³/mol. The summed E-state index contributed by atoms with van der Waals surface area (Å²) in [5.41, 5.74) is 7.12. The van der Waals surface area contributed by atoms with Crippen molar-refractivity contribution in [1.82, 2.24) is 10.2 Å². The molecule has 0 aliphatic carbocycles. The van der Waals surface area contributed by atoms with E-state index >= 15 is 0 Å². The number of carbonyl (C=O) groups excluding carboxylic acids is 2. The van der Waals surface area contributed by atoms with Gasteiger partial charge in [0.15, 0.2) is 0 Å². The largest absolute Gasteiger partial charge is 0.398 e. The first-order valence-corrected chi connectivity index (χ1v) is 5.32. The van der Waals surface area contributed by atoms with Gasteiger partial charge in [-0.3, -0.25) is 9.59 Å². The van der Waals surface area contributed by atoms with Gasteiger partial charge in [0.25, 0.3) is 0 Å². The Balaban J connectivity index is 2.60. The van der Waals surface area contributed by atoms with Crippen molar-refractivity contribution in [2.75, 3.05) is 26.4 Å². The predicted octanol–water partition coefficient (Wildman–Crippen LogP) is 0.0157. The van der Waals surface area contributed by atoms with Gasteiger partial charge >= 0.3 is 0 Å². The number of carbonyl (C=O) groups is 2. The van der Waals surface area contributed by atoms with Gasteiger partial charge in [-0.1, -0.05) is 18.2 Å². The van der Waals surface area contributed by atoms with Crippen LogP contribution in [-0.2, 0) is 16.0 Å². The second-order valence-electron chi connectivity index (χ2n) is 3.80. The maximum absolute atomic E-state index is 11.8. The van der Waals surface area contributed by atoms with E-state index in [9.17, 15) is 9.59 Å². The fraction of sp³-hybridized carbons (Fsp3) is 0.333. The van der Waals surface area contributed by atoms with Crippen molar-refractivity contribution in [2.24, 2.45) is 0 Å². The zero-order valence-electron chi connectivity index (χ0n) is 10.1. The van der Waals surface area contributed by atoms with Crippen LogP contribution in [0.3, 0.4) is 0 Å². The third-order valence-corrected chi connectivity index (χ3v) is 2.48. The lowest BCUT2D eigenvalue weighted by atomic mass is 10.1. The Morgan fingerprint density at radius 1 is 1.35 bits per heavy atom. The Morgan fingerprint density at radius 3 is 2.59 bits per heavy atom. The Bertz CT molecular complexity index is 418. The molecule has 92 valence electrons. The highest BCUT2D eigenvalue weighted by Gasteiger charge is 2.13. The molecule has 17 heavy (non-hydrogen) atoms. The molecule has 0 saturated heterocycles. The number of para-hydroxylation sites is 1. The minimum atomic E-state index is -0.193. The van der Waals surface area contributed by atoms with Gasteiger partial charge < -0.3 is 16.0 Å². The molecule has 1 aromatic carbocycles. The molecule has 5 heteroatoms. The lowest BCUT2D eigenvalue weighted by Gasteiger charge is -2.16. The minimum Gasteiger partial charge on any atom is -0.398 e. The Kier molecular flexibility index (Phi) is 4.51. The summed E-state index contributed by atoms with van der Waals surface area (Å²) in [5, 5.41) is 2.47. The molecule has 3 N–H and O–H groups in total. The SMILES string of the molecule is CNC(=O)CN(C)C(=O)Cc1ccccc1N. The Labute approximate surface area is 101 Å². The van der Waals surface area contributed by atoms with Crippen molar-refractivity contribution in [3.05, 3.63) is 29.8 Å². The lowest BCUT2D eigenvalue weighted by Crippen LogP contribution is -2.37. The standard InChI is InChI=1S/C12H17N3O2/c1-14-11(16)8-15(2)12(17)7-9-5-3-4-6-10(9)13/h3-6H,7-8,13H2,1-2H3,(H,14,16). The molecule has 0 saturated carbocycles. The van der Waals surface area contributed by atoms with Crippen LogP contribution in [0.25, 0.3) is 0 Å². The molecule has 2 amide bonds. The first kappa shape index (κ1) is 13.0. The van der Waals surface area contributed by atoms with Crippen molar-refractivity contribution in [1.29, 1.82) is 0 Å². The van der Waals surface area contributed by atoms with E-state index in [1.807, 2.05) is 12.1 Å². The summed E-state index contributed by atoms with van der Waals surface area (Å²) in [4.78, 5) is 24.3. The number of nitrogens with one attached hydrogen (secondary N) is 1. The summed E-state index contributed by atoms with van der Waals surface area (Å²) < 4.78 is 0. The summed E-state index contributed by atoms with van der Waals surface area (Å²) in [6.45, 7) is 0.0576. The number of amides is 2. The fourth-order valence-electron chi connectivity index (χ4n) is 1.38. The van der Waals surface area contributed by atoms with Crippen molar-refractivity contribution in [3.63, 3.8) is 0 Å². The molecule has 5 nitrogen and oxygen atoms in total. The molecule has 0 aliphatic heterocycles. The molecule has 1 aromatic rings. The van der Waals surface area contributed by atoms with Crippen LogP contribution in [0.5, 0.6) is 0 Å². The van der Waals surface area contributed by atoms with Crippen LogP contribution in [-0.4, -0.2) is 37.4 Å². The smallest absolute Gasteiger partial charge is 0.239 e. The first-order valence-electron chi connectivity index (χ1n) is 5.32. The van der Waals surface area contributed by atoms with Crippen LogP contribution >= 0.6 is 0 Å². The maximum Gasteiger partial charge on any atom is 0.239 e. The molecule has 0 aliphatic rings. The third-order valence-electron chi connectivity index (χ3n) is 2.48. The van der Waals surface area contributed by atoms with Crippen LogP contribution in [0.4, 0.5) is 5.69 Å². The molecule has 0 bridgehead atoms. The Morgan fingerprint density at radius 2 is 2.00 bits per heavy atom. The van der Waals surface area contributed by atoms with E-state index in [1.54, 1.807) is 19.2 Å². The lowest BCUT2D eigenvalue weighted by molar-refractivity contribution is -0.134. The summed E-state index contributed by atoms with van der Waals surface area (Å²) in [7, 11) is 3.13. The van der Waals surface area contributed by atoms with Crippen molar-refractivity contribution < 1.29 is 9.59 Å². The van der Waals surface area contributed by atoms with Crippen LogP contribution < -0.4 is 11.1 Å². The average Bonchev–Trinajstić information content (AvgIpc) is 2.31. The van der Waals surface area contributed by atoms with E-state index in [-0.39, 0.29) is 24.8 Å². The van der Waals surface area contributed by atoms with Gasteiger partial charge in [0, 0.05) is 19.8 Å². The minimum absolute atomic E-state index is 0.0576. The van der Waals surface area contributed by atoms with Gasteiger partial charge in [-0.15, -0.1) is 0 Å². The maximum atomic E-state index is 11.8. The molecule has 0 radical (unpaired) electrons. The number of nitrogens with zero attached hydrogens (tertiary/aromatic N) is 1.